The predicted octanol–water partition coefficient (Wildman–Crippen LogP) is 2.80. The van der Waals surface area contributed by atoms with Gasteiger partial charge in [0.1, 0.15) is 12.2 Å². The Kier molecular flexibility index (Phi) is 6.36. The molecule has 0 spiro atoms. The standard InChI is InChI=1S/C26H30FN7O2/c1-26(2,36)24(27)14-30-25(35)20-13-29-22(23-6-5-19-7-15(11-28)12-31-34(19)23)10-21(20)33-18-8-16-3-4-17(9-18)32-16/h5-7,10,12-13,16-18,24,32,36H,3-4,8-9,14H2,1-2H3,(H,29,33)(H,30,35)/t16-,17+,18-,24-/m1/s1. The number of fused-ring (bicyclic) bond motifs is 3. The van der Waals surface area contributed by atoms with E-state index in [9.17, 15) is 14.3 Å². The van der Waals surface area contributed by atoms with Crippen molar-refractivity contribution in [1.82, 2.24) is 25.2 Å². The number of alkyl halides is 1. The van der Waals surface area contributed by atoms with Crippen LogP contribution in [0.25, 0.3) is 16.9 Å². The molecular formula is C26H30FN7O2. The highest BCUT2D eigenvalue weighted by atomic mass is 19.1. The minimum atomic E-state index is -1.61. The van der Waals surface area contributed by atoms with Crippen LogP contribution in [0.5, 0.6) is 0 Å². The molecular weight excluding hydrogens is 461 g/mol. The maximum Gasteiger partial charge on any atom is 0.255 e. The van der Waals surface area contributed by atoms with Crippen LogP contribution in [0.3, 0.4) is 0 Å². The van der Waals surface area contributed by atoms with Gasteiger partial charge in [0.25, 0.3) is 5.91 Å². The molecule has 0 aromatic carbocycles. The summed E-state index contributed by atoms with van der Waals surface area (Å²) in [5.74, 6) is -0.461. The molecule has 2 aliphatic rings. The largest absolute Gasteiger partial charge is 0.387 e. The number of halogens is 1. The van der Waals surface area contributed by atoms with Crippen molar-refractivity contribution >= 4 is 17.1 Å². The van der Waals surface area contributed by atoms with Crippen LogP contribution >= 0.6 is 0 Å². The lowest BCUT2D eigenvalue weighted by molar-refractivity contribution is -0.00177. The number of carbonyl (C=O) groups is 1. The van der Waals surface area contributed by atoms with Crippen molar-refractivity contribution in [2.24, 2.45) is 0 Å². The number of pyridine rings is 1. The van der Waals surface area contributed by atoms with E-state index in [1.165, 1.54) is 26.2 Å². The van der Waals surface area contributed by atoms with Crippen LogP contribution in [0, 0.1) is 11.3 Å². The van der Waals surface area contributed by atoms with E-state index in [1.54, 1.807) is 10.6 Å². The topological polar surface area (TPSA) is 127 Å². The lowest BCUT2D eigenvalue weighted by Gasteiger charge is -2.31. The number of nitrogens with zero attached hydrogens (tertiary/aromatic N) is 4. The number of aromatic nitrogens is 3. The Morgan fingerprint density at radius 3 is 2.75 bits per heavy atom. The van der Waals surface area contributed by atoms with E-state index in [1.807, 2.05) is 18.2 Å². The summed E-state index contributed by atoms with van der Waals surface area (Å²) >= 11 is 0. The van der Waals surface area contributed by atoms with E-state index >= 15 is 0 Å². The Morgan fingerprint density at radius 1 is 1.31 bits per heavy atom. The number of amides is 1. The monoisotopic (exact) mass is 491 g/mol. The molecule has 9 nitrogen and oxygen atoms in total. The van der Waals surface area contributed by atoms with Gasteiger partial charge in [-0.15, -0.1) is 0 Å². The Balaban J connectivity index is 1.46. The minimum Gasteiger partial charge on any atom is -0.387 e. The molecule has 2 fully saturated rings. The van der Waals surface area contributed by atoms with Crippen LogP contribution < -0.4 is 16.0 Å². The molecule has 5 heterocycles. The average Bonchev–Trinajstić information content (AvgIpc) is 3.43. The third-order valence-corrected chi connectivity index (χ3v) is 7.08. The summed E-state index contributed by atoms with van der Waals surface area (Å²) in [4.78, 5) is 17.6. The molecule has 5 rings (SSSR count). The second-order valence-electron chi connectivity index (χ2n) is 10.3. The summed E-state index contributed by atoms with van der Waals surface area (Å²) < 4.78 is 16.0. The Bertz CT molecular complexity index is 1310. The SMILES string of the molecule is CC(C)(O)[C@H](F)CNC(=O)c1cnc(-c2ccc3cc(C#N)cnn23)cc1N[C@@H]1C[C@H]2CC[C@@H](C1)N2. The summed E-state index contributed by atoms with van der Waals surface area (Å²) in [5.41, 5.74) is 1.94. The number of anilines is 1. The smallest absolute Gasteiger partial charge is 0.255 e. The lowest BCUT2D eigenvalue weighted by atomic mass is 9.99. The number of piperidine rings is 1. The molecule has 3 aromatic rings. The highest BCUT2D eigenvalue weighted by Crippen LogP contribution is 2.31. The number of nitrogens with one attached hydrogen (secondary N) is 3. The van der Waals surface area contributed by atoms with Gasteiger partial charge in [-0.05, 0) is 63.8 Å². The Labute approximate surface area is 208 Å². The molecule has 0 unspecified atom stereocenters. The zero-order chi connectivity index (χ0) is 25.4. The fourth-order valence-electron chi connectivity index (χ4n) is 5.07. The molecule has 1 amide bonds. The molecule has 2 saturated heterocycles. The van der Waals surface area contributed by atoms with Gasteiger partial charge in [-0.2, -0.15) is 10.4 Å². The van der Waals surface area contributed by atoms with Crippen LogP contribution in [-0.4, -0.2) is 62.1 Å². The number of hydrogen-bond acceptors (Lipinski definition) is 7. The number of rotatable bonds is 7. The summed E-state index contributed by atoms with van der Waals surface area (Å²) in [6.45, 7) is 2.43. The van der Waals surface area contributed by atoms with E-state index in [0.717, 1.165) is 36.9 Å². The van der Waals surface area contributed by atoms with E-state index in [2.05, 4.69) is 32.1 Å². The van der Waals surface area contributed by atoms with Gasteiger partial charge in [-0.25, -0.2) is 8.91 Å². The Morgan fingerprint density at radius 2 is 2.06 bits per heavy atom. The maximum atomic E-state index is 14.3. The quantitative estimate of drug-likeness (QED) is 0.400. The summed E-state index contributed by atoms with van der Waals surface area (Å²) in [6, 6.07) is 10.5. The molecule has 4 atom stereocenters. The molecule has 4 N–H and O–H groups in total. The van der Waals surface area contributed by atoms with Gasteiger partial charge < -0.3 is 21.1 Å². The molecule has 188 valence electrons. The van der Waals surface area contributed by atoms with E-state index in [-0.39, 0.29) is 12.6 Å². The molecule has 3 aromatic heterocycles. The second-order valence-corrected chi connectivity index (χ2v) is 10.3. The van der Waals surface area contributed by atoms with Gasteiger partial charge in [0.15, 0.2) is 0 Å². The minimum absolute atomic E-state index is 0.191. The van der Waals surface area contributed by atoms with Crippen LogP contribution in [0.15, 0.2) is 36.7 Å². The number of carbonyl (C=O) groups excluding carboxylic acids is 1. The molecule has 0 radical (unpaired) electrons. The Hall–Kier alpha value is -3.55. The fraction of sp³-hybridized carbons (Fsp3) is 0.462. The molecule has 0 aliphatic carbocycles. The van der Waals surface area contributed by atoms with Crippen molar-refractivity contribution in [3.63, 3.8) is 0 Å². The van der Waals surface area contributed by atoms with Gasteiger partial charge in [0.05, 0.1) is 52.1 Å². The summed E-state index contributed by atoms with van der Waals surface area (Å²) in [5, 5.41) is 33.2. The van der Waals surface area contributed by atoms with Gasteiger partial charge in [0.2, 0.25) is 0 Å². The highest BCUT2D eigenvalue weighted by molar-refractivity contribution is 6.00. The van der Waals surface area contributed by atoms with Crippen LogP contribution in [-0.2, 0) is 0 Å². The molecule has 0 saturated carbocycles. The van der Waals surface area contributed by atoms with E-state index < -0.39 is 17.7 Å². The first-order valence-electron chi connectivity index (χ1n) is 12.3. The van der Waals surface area contributed by atoms with Gasteiger partial charge in [-0.3, -0.25) is 9.78 Å². The van der Waals surface area contributed by atoms with Gasteiger partial charge in [0, 0.05) is 24.3 Å². The second kappa shape index (κ2) is 9.48. The van der Waals surface area contributed by atoms with Crippen molar-refractivity contribution in [3.05, 3.63) is 47.8 Å². The third kappa shape index (κ3) is 4.90. The lowest BCUT2D eigenvalue weighted by Crippen LogP contribution is -2.44. The first kappa shape index (κ1) is 24.2. The van der Waals surface area contributed by atoms with Crippen molar-refractivity contribution in [2.75, 3.05) is 11.9 Å². The van der Waals surface area contributed by atoms with Crippen LogP contribution in [0.4, 0.5) is 10.1 Å². The third-order valence-electron chi connectivity index (χ3n) is 7.08. The van der Waals surface area contributed by atoms with E-state index in [4.69, 9.17) is 5.26 Å². The number of nitriles is 1. The van der Waals surface area contributed by atoms with E-state index in [0.29, 0.717) is 34.6 Å². The first-order valence-corrected chi connectivity index (χ1v) is 12.3. The van der Waals surface area contributed by atoms with Crippen molar-refractivity contribution < 1.29 is 14.3 Å². The predicted molar refractivity (Wildman–Crippen MR) is 133 cm³/mol. The van der Waals surface area contributed by atoms with Gasteiger partial charge >= 0.3 is 0 Å². The summed E-state index contributed by atoms with van der Waals surface area (Å²) in [6.07, 6.45) is 5.58. The van der Waals surface area contributed by atoms with Crippen LogP contribution in [0.2, 0.25) is 0 Å². The fourth-order valence-corrected chi connectivity index (χ4v) is 5.07. The molecule has 10 heteroatoms. The summed E-state index contributed by atoms with van der Waals surface area (Å²) in [7, 11) is 0. The molecule has 2 aliphatic heterocycles. The number of hydrogen-bond donors (Lipinski definition) is 4. The van der Waals surface area contributed by atoms with Gasteiger partial charge in [-0.1, -0.05) is 0 Å². The molecule has 36 heavy (non-hydrogen) atoms. The van der Waals surface area contributed by atoms with Crippen molar-refractivity contribution in [3.8, 4) is 17.5 Å². The molecule has 2 bridgehead atoms. The normalized spacial score (nSPS) is 22.2. The zero-order valence-electron chi connectivity index (χ0n) is 20.3. The van der Waals surface area contributed by atoms with Crippen LogP contribution in [0.1, 0.15) is 55.5 Å². The highest BCUT2D eigenvalue weighted by Gasteiger charge is 2.34. The maximum absolute atomic E-state index is 14.3. The first-order chi connectivity index (χ1) is 17.2. The number of aliphatic hydroxyl groups is 1. The zero-order valence-corrected chi connectivity index (χ0v) is 20.3. The van der Waals surface area contributed by atoms with Crippen molar-refractivity contribution in [1.29, 1.82) is 5.26 Å². The average molecular weight is 492 g/mol. The van der Waals surface area contributed by atoms with Crippen molar-refractivity contribution in [2.45, 2.75) is 69.4 Å².